The van der Waals surface area contributed by atoms with E-state index in [1.165, 1.54) is 24.4 Å². The number of carbonyl (C=O) groups is 1. The summed E-state index contributed by atoms with van der Waals surface area (Å²) in [5.74, 6) is -0.474. The lowest BCUT2D eigenvalue weighted by molar-refractivity contribution is 0.0697. The number of benzene rings is 4. The first-order chi connectivity index (χ1) is 23.6. The SMILES string of the molecule is O=C(O)c1ccc(OCCc2c(CCNS(=O)(=O)c3cnc(Cl)c(Br)c3)n(C(c3ccccc3)c3ccccc3)c3c(Cl)cccc23)cc1. The van der Waals surface area contributed by atoms with Gasteiger partial charge in [0.25, 0.3) is 0 Å². The molecule has 0 saturated carbocycles. The number of hydrogen-bond donors (Lipinski definition) is 2. The van der Waals surface area contributed by atoms with E-state index in [1.54, 1.807) is 12.1 Å². The van der Waals surface area contributed by atoms with Crippen LogP contribution in [0.4, 0.5) is 0 Å². The Hall–Kier alpha value is -4.19. The second kappa shape index (κ2) is 15.1. The Kier molecular flexibility index (Phi) is 10.7. The van der Waals surface area contributed by atoms with Crippen molar-refractivity contribution in [2.45, 2.75) is 23.8 Å². The van der Waals surface area contributed by atoms with Gasteiger partial charge in [0, 0.05) is 36.7 Å². The molecule has 8 nitrogen and oxygen atoms in total. The van der Waals surface area contributed by atoms with Crippen LogP contribution in [0.1, 0.15) is 38.8 Å². The predicted molar refractivity (Wildman–Crippen MR) is 196 cm³/mol. The summed E-state index contributed by atoms with van der Waals surface area (Å²) in [6.45, 7) is 0.361. The molecule has 0 aliphatic carbocycles. The zero-order valence-electron chi connectivity index (χ0n) is 25.9. The first-order valence-corrected chi connectivity index (χ1v) is 18.3. The van der Waals surface area contributed by atoms with Crippen molar-refractivity contribution in [2.24, 2.45) is 0 Å². The van der Waals surface area contributed by atoms with E-state index >= 15 is 0 Å². The van der Waals surface area contributed by atoms with Crippen LogP contribution in [-0.4, -0.2) is 42.2 Å². The van der Waals surface area contributed by atoms with Crippen LogP contribution in [0.15, 0.2) is 125 Å². The van der Waals surface area contributed by atoms with Crippen LogP contribution in [0, 0.1) is 0 Å². The summed E-state index contributed by atoms with van der Waals surface area (Å²) >= 11 is 16.3. The first-order valence-electron chi connectivity index (χ1n) is 15.3. The van der Waals surface area contributed by atoms with Crippen LogP contribution in [0.5, 0.6) is 5.75 Å². The quantitative estimate of drug-likeness (QED) is 0.114. The highest BCUT2D eigenvalue weighted by Crippen LogP contribution is 2.39. The van der Waals surface area contributed by atoms with Gasteiger partial charge in [0.2, 0.25) is 10.0 Å². The molecule has 0 bridgehead atoms. The number of rotatable bonds is 13. The number of sulfonamides is 1. The number of halogens is 3. The Bertz CT molecular complexity index is 2180. The normalized spacial score (nSPS) is 11.7. The van der Waals surface area contributed by atoms with Crippen molar-refractivity contribution in [1.29, 1.82) is 0 Å². The minimum Gasteiger partial charge on any atom is -0.493 e. The maximum Gasteiger partial charge on any atom is 0.335 e. The van der Waals surface area contributed by atoms with Crippen molar-refractivity contribution < 1.29 is 23.1 Å². The van der Waals surface area contributed by atoms with Crippen LogP contribution >= 0.6 is 39.1 Å². The summed E-state index contributed by atoms with van der Waals surface area (Å²) in [4.78, 5) is 15.3. The van der Waals surface area contributed by atoms with Gasteiger partial charge >= 0.3 is 5.97 Å². The van der Waals surface area contributed by atoms with Gasteiger partial charge in [0.05, 0.1) is 33.2 Å². The molecule has 0 unspecified atom stereocenters. The average Bonchev–Trinajstić information content (AvgIpc) is 3.40. The molecule has 2 N–H and O–H groups in total. The Balaban J connectivity index is 1.43. The third-order valence-electron chi connectivity index (χ3n) is 8.14. The molecule has 12 heteroatoms. The molecule has 0 atom stereocenters. The van der Waals surface area contributed by atoms with Gasteiger partial charge in [-0.3, -0.25) is 0 Å². The van der Waals surface area contributed by atoms with Gasteiger partial charge < -0.3 is 14.4 Å². The van der Waals surface area contributed by atoms with Crippen LogP contribution in [-0.2, 0) is 22.9 Å². The van der Waals surface area contributed by atoms with Crippen molar-refractivity contribution in [3.63, 3.8) is 0 Å². The molecule has 2 heterocycles. The van der Waals surface area contributed by atoms with Gasteiger partial charge in [-0.25, -0.2) is 22.9 Å². The number of nitrogens with one attached hydrogen (secondary N) is 1. The van der Waals surface area contributed by atoms with E-state index in [1.807, 2.05) is 54.6 Å². The number of carboxylic acid groups (broad SMARTS) is 1. The number of aromatic carboxylic acids is 1. The van der Waals surface area contributed by atoms with E-state index in [4.69, 9.17) is 27.9 Å². The summed E-state index contributed by atoms with van der Waals surface area (Å²) in [6.07, 6.45) is 2.01. The van der Waals surface area contributed by atoms with Crippen molar-refractivity contribution in [2.75, 3.05) is 13.2 Å². The fourth-order valence-electron chi connectivity index (χ4n) is 5.94. The summed E-state index contributed by atoms with van der Waals surface area (Å²) in [5, 5.41) is 10.9. The molecule has 0 radical (unpaired) electrons. The highest BCUT2D eigenvalue weighted by Gasteiger charge is 2.27. The molecule has 49 heavy (non-hydrogen) atoms. The topological polar surface area (TPSA) is 111 Å². The summed E-state index contributed by atoms with van der Waals surface area (Å²) in [7, 11) is -3.92. The van der Waals surface area contributed by atoms with E-state index < -0.39 is 16.0 Å². The lowest BCUT2D eigenvalue weighted by Gasteiger charge is -2.25. The van der Waals surface area contributed by atoms with Gasteiger partial charge in [0.1, 0.15) is 15.8 Å². The van der Waals surface area contributed by atoms with Crippen molar-refractivity contribution >= 4 is 66.0 Å². The van der Waals surface area contributed by atoms with E-state index in [2.05, 4.69) is 54.5 Å². The smallest absolute Gasteiger partial charge is 0.335 e. The summed E-state index contributed by atoms with van der Waals surface area (Å²) in [5.41, 5.74) is 4.92. The number of nitrogens with zero attached hydrogens (tertiary/aromatic N) is 2. The third kappa shape index (κ3) is 7.69. The van der Waals surface area contributed by atoms with Crippen LogP contribution < -0.4 is 9.46 Å². The molecule has 6 aromatic rings. The molecule has 0 spiro atoms. The predicted octanol–water partition coefficient (Wildman–Crippen LogP) is 8.58. The molecule has 2 aromatic heterocycles. The second-order valence-corrected chi connectivity index (χ2v) is 14.6. The molecule has 0 saturated heterocycles. The fraction of sp³-hybridized carbons (Fsp3) is 0.135. The molecule has 0 fully saturated rings. The largest absolute Gasteiger partial charge is 0.493 e. The highest BCUT2D eigenvalue weighted by atomic mass is 79.9. The third-order valence-corrected chi connectivity index (χ3v) is 11.0. The molecular weight excluding hydrogens is 749 g/mol. The second-order valence-electron chi connectivity index (χ2n) is 11.2. The lowest BCUT2D eigenvalue weighted by atomic mass is 9.97. The molecule has 0 aliphatic heterocycles. The van der Waals surface area contributed by atoms with E-state index in [-0.39, 0.29) is 34.8 Å². The van der Waals surface area contributed by atoms with Crippen LogP contribution in [0.25, 0.3) is 10.9 Å². The Labute approximate surface area is 302 Å². The van der Waals surface area contributed by atoms with Gasteiger partial charge in [-0.15, -0.1) is 0 Å². The lowest BCUT2D eigenvalue weighted by Crippen LogP contribution is -2.27. The van der Waals surface area contributed by atoms with Crippen LogP contribution in [0.3, 0.4) is 0 Å². The molecule has 4 aromatic carbocycles. The van der Waals surface area contributed by atoms with Gasteiger partial charge in [-0.2, -0.15) is 0 Å². The molecule has 6 rings (SSSR count). The maximum absolute atomic E-state index is 13.4. The number of carboxylic acids is 1. The Morgan fingerprint density at radius 1 is 0.898 bits per heavy atom. The van der Waals surface area contributed by atoms with Crippen molar-refractivity contribution in [3.05, 3.63) is 158 Å². The first kappa shape index (κ1) is 34.7. The number of fused-ring (bicyclic) bond motifs is 1. The number of pyridine rings is 1. The number of para-hydroxylation sites is 1. The van der Waals surface area contributed by atoms with Crippen LogP contribution in [0.2, 0.25) is 10.2 Å². The average molecular weight is 780 g/mol. The van der Waals surface area contributed by atoms with Crippen molar-refractivity contribution in [3.8, 4) is 5.75 Å². The minimum absolute atomic E-state index is 0.0126. The zero-order chi connectivity index (χ0) is 34.5. The molecule has 0 aliphatic rings. The van der Waals surface area contributed by atoms with E-state index in [0.717, 1.165) is 33.3 Å². The standard InChI is InChI=1S/C37H30BrCl2N3O5S/c38-31-22-28(23-41-36(31)40)49(46,47)42-20-18-33-29(19-21-48-27-16-14-26(15-17-27)37(44)45)30-12-7-13-32(39)35(30)43(33)34(24-8-3-1-4-9-24)25-10-5-2-6-11-25/h1-17,22-23,34,42H,18-21H2,(H,44,45). The summed E-state index contributed by atoms with van der Waals surface area (Å²) < 4.78 is 38.1. The zero-order valence-corrected chi connectivity index (χ0v) is 29.8. The molecular formula is C37H30BrCl2N3O5S. The number of ether oxygens (including phenoxy) is 1. The Morgan fingerprint density at radius 2 is 1.55 bits per heavy atom. The highest BCUT2D eigenvalue weighted by molar-refractivity contribution is 9.10. The number of hydrogen-bond acceptors (Lipinski definition) is 5. The Morgan fingerprint density at radius 3 is 2.16 bits per heavy atom. The van der Waals surface area contributed by atoms with Gasteiger partial charge in [0.15, 0.2) is 0 Å². The minimum atomic E-state index is -3.92. The molecule has 250 valence electrons. The number of aromatic nitrogens is 2. The van der Waals surface area contributed by atoms with E-state index in [9.17, 15) is 18.3 Å². The molecule has 0 amide bonds. The maximum atomic E-state index is 13.4. The van der Waals surface area contributed by atoms with Crippen molar-refractivity contribution in [1.82, 2.24) is 14.3 Å². The van der Waals surface area contributed by atoms with E-state index in [0.29, 0.717) is 28.1 Å². The van der Waals surface area contributed by atoms with Gasteiger partial charge in [-0.05, 0) is 69.0 Å². The summed E-state index contributed by atoms with van der Waals surface area (Å²) in [6, 6.07) is 33.4. The fourth-order valence-corrected chi connectivity index (χ4v) is 7.81. The van der Waals surface area contributed by atoms with Gasteiger partial charge in [-0.1, -0.05) is 96.0 Å². The monoisotopic (exact) mass is 777 g/mol.